The van der Waals surface area contributed by atoms with Crippen LogP contribution in [0.25, 0.3) is 0 Å². The SMILES string of the molecule is O=[N+]([O-])c1ccccc1NCC1CC2C=CC1C2. The third kappa shape index (κ3) is 1.98. The van der Waals surface area contributed by atoms with Crippen molar-refractivity contribution in [1.29, 1.82) is 0 Å². The zero-order chi connectivity index (χ0) is 12.5. The lowest BCUT2D eigenvalue weighted by molar-refractivity contribution is -0.384. The summed E-state index contributed by atoms with van der Waals surface area (Å²) in [7, 11) is 0. The minimum absolute atomic E-state index is 0.163. The molecule has 1 N–H and O–H groups in total. The van der Waals surface area contributed by atoms with Crippen molar-refractivity contribution in [2.24, 2.45) is 17.8 Å². The molecule has 94 valence electrons. The summed E-state index contributed by atoms with van der Waals surface area (Å²) >= 11 is 0. The van der Waals surface area contributed by atoms with E-state index in [1.54, 1.807) is 18.2 Å². The van der Waals surface area contributed by atoms with Crippen LogP contribution >= 0.6 is 0 Å². The summed E-state index contributed by atoms with van der Waals surface area (Å²) in [6.07, 6.45) is 7.10. The highest BCUT2D eigenvalue weighted by molar-refractivity contribution is 5.61. The molecule has 1 aromatic carbocycles. The van der Waals surface area contributed by atoms with Crippen molar-refractivity contribution in [3.05, 3.63) is 46.5 Å². The van der Waals surface area contributed by atoms with Gasteiger partial charge in [0.25, 0.3) is 5.69 Å². The van der Waals surface area contributed by atoms with Crippen molar-refractivity contribution in [3.8, 4) is 0 Å². The quantitative estimate of drug-likeness (QED) is 0.502. The van der Waals surface area contributed by atoms with Crippen LogP contribution in [0.4, 0.5) is 11.4 Å². The number of nitro groups is 1. The molecule has 0 aliphatic heterocycles. The van der Waals surface area contributed by atoms with Crippen molar-refractivity contribution in [3.63, 3.8) is 0 Å². The molecule has 0 heterocycles. The average Bonchev–Trinajstić information content (AvgIpc) is 2.98. The van der Waals surface area contributed by atoms with Crippen LogP contribution in [-0.4, -0.2) is 11.5 Å². The second kappa shape index (κ2) is 4.44. The molecule has 4 heteroatoms. The molecule has 18 heavy (non-hydrogen) atoms. The minimum atomic E-state index is -0.330. The van der Waals surface area contributed by atoms with Gasteiger partial charge in [0.2, 0.25) is 0 Å². The van der Waals surface area contributed by atoms with E-state index >= 15 is 0 Å². The Kier molecular flexibility index (Phi) is 2.78. The first-order chi connectivity index (χ1) is 8.74. The van der Waals surface area contributed by atoms with Crippen molar-refractivity contribution >= 4 is 11.4 Å². The fourth-order valence-corrected chi connectivity index (χ4v) is 3.15. The number of allylic oxidation sites excluding steroid dienone is 2. The molecular formula is C14H16N2O2. The first kappa shape index (κ1) is 11.3. The van der Waals surface area contributed by atoms with Crippen molar-refractivity contribution in [2.75, 3.05) is 11.9 Å². The Morgan fingerprint density at radius 2 is 2.11 bits per heavy atom. The van der Waals surface area contributed by atoms with Gasteiger partial charge in [0.15, 0.2) is 0 Å². The average molecular weight is 244 g/mol. The summed E-state index contributed by atoms with van der Waals surface area (Å²) < 4.78 is 0. The monoisotopic (exact) mass is 244 g/mol. The maximum absolute atomic E-state index is 10.9. The van der Waals surface area contributed by atoms with E-state index in [0.717, 1.165) is 12.5 Å². The minimum Gasteiger partial charge on any atom is -0.379 e. The van der Waals surface area contributed by atoms with E-state index in [9.17, 15) is 10.1 Å². The van der Waals surface area contributed by atoms with Gasteiger partial charge in [-0.3, -0.25) is 10.1 Å². The van der Waals surface area contributed by atoms with Crippen LogP contribution in [0, 0.1) is 27.9 Å². The molecule has 0 aromatic heterocycles. The number of nitro benzene ring substituents is 1. The number of hydrogen-bond acceptors (Lipinski definition) is 3. The molecule has 0 saturated heterocycles. The molecule has 2 bridgehead atoms. The normalized spacial score (nSPS) is 28.6. The van der Waals surface area contributed by atoms with Gasteiger partial charge in [0, 0.05) is 12.6 Å². The van der Waals surface area contributed by atoms with E-state index in [1.807, 2.05) is 6.07 Å². The van der Waals surface area contributed by atoms with E-state index in [4.69, 9.17) is 0 Å². The van der Waals surface area contributed by atoms with Crippen LogP contribution < -0.4 is 5.32 Å². The zero-order valence-electron chi connectivity index (χ0n) is 10.1. The molecule has 0 spiro atoms. The number of rotatable bonds is 4. The molecule has 1 aromatic rings. The molecule has 1 saturated carbocycles. The number of fused-ring (bicyclic) bond motifs is 2. The Labute approximate surface area is 106 Å². The van der Waals surface area contributed by atoms with Crippen LogP contribution in [-0.2, 0) is 0 Å². The highest BCUT2D eigenvalue weighted by atomic mass is 16.6. The molecule has 3 rings (SSSR count). The second-order valence-electron chi connectivity index (χ2n) is 5.20. The van der Waals surface area contributed by atoms with Gasteiger partial charge >= 0.3 is 0 Å². The Hall–Kier alpha value is -1.84. The summed E-state index contributed by atoms with van der Waals surface area (Å²) in [5.74, 6) is 2.04. The Balaban J connectivity index is 1.67. The fourth-order valence-electron chi connectivity index (χ4n) is 3.15. The molecule has 3 atom stereocenters. The molecular weight excluding hydrogens is 228 g/mol. The van der Waals surface area contributed by atoms with Crippen molar-refractivity contribution in [1.82, 2.24) is 0 Å². The summed E-state index contributed by atoms with van der Waals surface area (Å²) in [5.41, 5.74) is 0.797. The highest BCUT2D eigenvalue weighted by Crippen LogP contribution is 2.43. The van der Waals surface area contributed by atoms with E-state index < -0.39 is 0 Å². The molecule has 0 radical (unpaired) electrons. The van der Waals surface area contributed by atoms with Crippen LogP contribution in [0.3, 0.4) is 0 Å². The number of hydrogen-bond donors (Lipinski definition) is 1. The number of nitrogens with zero attached hydrogens (tertiary/aromatic N) is 1. The van der Waals surface area contributed by atoms with Crippen LogP contribution in [0.1, 0.15) is 12.8 Å². The zero-order valence-corrected chi connectivity index (χ0v) is 10.1. The van der Waals surface area contributed by atoms with Gasteiger partial charge in [-0.05, 0) is 36.7 Å². The Morgan fingerprint density at radius 3 is 2.78 bits per heavy atom. The molecule has 3 unspecified atom stereocenters. The number of nitrogens with one attached hydrogen (secondary N) is 1. The number of para-hydroxylation sites is 2. The van der Waals surface area contributed by atoms with Gasteiger partial charge in [-0.15, -0.1) is 0 Å². The molecule has 2 aliphatic carbocycles. The van der Waals surface area contributed by atoms with Gasteiger partial charge in [-0.25, -0.2) is 0 Å². The predicted octanol–water partition coefficient (Wildman–Crippen LogP) is 3.22. The lowest BCUT2D eigenvalue weighted by atomic mass is 9.93. The third-order valence-corrected chi connectivity index (χ3v) is 4.07. The van der Waals surface area contributed by atoms with Crippen LogP contribution in [0.2, 0.25) is 0 Å². The third-order valence-electron chi connectivity index (χ3n) is 4.07. The van der Waals surface area contributed by atoms with Gasteiger partial charge < -0.3 is 5.32 Å². The maximum Gasteiger partial charge on any atom is 0.292 e. The Bertz CT molecular complexity index is 498. The summed E-state index contributed by atoms with van der Waals surface area (Å²) in [6.45, 7) is 0.830. The molecule has 0 amide bonds. The van der Waals surface area contributed by atoms with E-state index in [0.29, 0.717) is 17.5 Å². The van der Waals surface area contributed by atoms with Crippen LogP contribution in [0.15, 0.2) is 36.4 Å². The smallest absolute Gasteiger partial charge is 0.292 e. The van der Waals surface area contributed by atoms with Gasteiger partial charge in [-0.1, -0.05) is 24.3 Å². The van der Waals surface area contributed by atoms with Gasteiger partial charge in [-0.2, -0.15) is 0 Å². The van der Waals surface area contributed by atoms with Crippen molar-refractivity contribution < 1.29 is 4.92 Å². The predicted molar refractivity (Wildman–Crippen MR) is 70.4 cm³/mol. The van der Waals surface area contributed by atoms with Crippen molar-refractivity contribution in [2.45, 2.75) is 12.8 Å². The van der Waals surface area contributed by atoms with Crippen LogP contribution in [0.5, 0.6) is 0 Å². The van der Waals surface area contributed by atoms with E-state index in [1.165, 1.54) is 12.8 Å². The summed E-state index contributed by atoms with van der Waals surface area (Å²) in [5, 5.41) is 14.1. The first-order valence-electron chi connectivity index (χ1n) is 6.39. The summed E-state index contributed by atoms with van der Waals surface area (Å²) in [4.78, 5) is 10.6. The summed E-state index contributed by atoms with van der Waals surface area (Å²) in [6, 6.07) is 6.85. The standard InChI is InChI=1S/C14H16N2O2/c17-16(18)14-4-2-1-3-13(14)15-9-12-8-10-5-6-11(12)7-10/h1-6,10-12,15H,7-9H2. The number of anilines is 1. The van der Waals surface area contributed by atoms with E-state index in [-0.39, 0.29) is 10.6 Å². The Morgan fingerprint density at radius 1 is 1.28 bits per heavy atom. The number of benzene rings is 1. The van der Waals surface area contributed by atoms with E-state index in [2.05, 4.69) is 17.5 Å². The fraction of sp³-hybridized carbons (Fsp3) is 0.429. The first-order valence-corrected chi connectivity index (χ1v) is 6.39. The topological polar surface area (TPSA) is 55.2 Å². The second-order valence-corrected chi connectivity index (χ2v) is 5.20. The largest absolute Gasteiger partial charge is 0.379 e. The molecule has 2 aliphatic rings. The van der Waals surface area contributed by atoms with Gasteiger partial charge in [0.05, 0.1) is 4.92 Å². The maximum atomic E-state index is 10.9. The molecule has 4 nitrogen and oxygen atoms in total. The van der Waals surface area contributed by atoms with Gasteiger partial charge in [0.1, 0.15) is 5.69 Å². The molecule has 1 fully saturated rings. The highest BCUT2D eigenvalue weighted by Gasteiger charge is 2.35. The lowest BCUT2D eigenvalue weighted by Crippen LogP contribution is -2.18. The lowest BCUT2D eigenvalue weighted by Gasteiger charge is -2.19.